The number of hydrogen-bond acceptors (Lipinski definition) is 0. The summed E-state index contributed by atoms with van der Waals surface area (Å²) in [5.41, 5.74) is 0. The van der Waals surface area contributed by atoms with E-state index in [4.69, 9.17) is 0 Å². The van der Waals surface area contributed by atoms with Gasteiger partial charge in [0.05, 0.1) is 0 Å². The summed E-state index contributed by atoms with van der Waals surface area (Å²) in [6.07, 6.45) is 6.57. The molecule has 0 heteroatoms. The zero-order valence-electron chi connectivity index (χ0n) is 11.7. The maximum absolute atomic E-state index is 2.30. The zero-order chi connectivity index (χ0) is 12.0. The molecule has 14 heavy (non-hydrogen) atoms. The molecule has 0 amide bonds. The normalized spacial score (nSPS) is 11.5. The molecule has 0 rings (SSSR count). The molecular weight excluding hydrogens is 168 g/mol. The highest BCUT2D eigenvalue weighted by molar-refractivity contribution is 4.68. The van der Waals surface area contributed by atoms with Crippen LogP contribution in [0, 0.1) is 11.8 Å². The highest BCUT2D eigenvalue weighted by atomic mass is 14.1. The SMILES string of the molecule is CC=CC.CCC.CCC(C)C(C)C. The summed E-state index contributed by atoms with van der Waals surface area (Å²) >= 11 is 0. The molecule has 0 bridgehead atoms. The van der Waals surface area contributed by atoms with E-state index in [1.165, 1.54) is 12.8 Å². The van der Waals surface area contributed by atoms with Crippen LogP contribution >= 0.6 is 0 Å². The van der Waals surface area contributed by atoms with Gasteiger partial charge in [0.2, 0.25) is 0 Å². The van der Waals surface area contributed by atoms with E-state index in [-0.39, 0.29) is 0 Å². The first-order valence-corrected chi connectivity index (χ1v) is 6.08. The van der Waals surface area contributed by atoms with E-state index < -0.39 is 0 Å². The van der Waals surface area contributed by atoms with Crippen molar-refractivity contribution in [3.05, 3.63) is 12.2 Å². The summed E-state index contributed by atoms with van der Waals surface area (Å²) in [5, 5.41) is 0. The van der Waals surface area contributed by atoms with Gasteiger partial charge in [-0.2, -0.15) is 0 Å². The Kier molecular flexibility index (Phi) is 25.6. The second kappa shape index (κ2) is 18.5. The summed E-state index contributed by atoms with van der Waals surface area (Å²) in [7, 11) is 0. The molecule has 0 nitrogen and oxygen atoms in total. The lowest BCUT2D eigenvalue weighted by Crippen LogP contribution is -2.00. The van der Waals surface area contributed by atoms with E-state index >= 15 is 0 Å². The number of allylic oxidation sites excluding steroid dienone is 2. The van der Waals surface area contributed by atoms with Crippen LogP contribution in [0.2, 0.25) is 0 Å². The molecule has 0 aliphatic carbocycles. The summed E-state index contributed by atoms with van der Waals surface area (Å²) < 4.78 is 0. The minimum atomic E-state index is 0.866. The van der Waals surface area contributed by atoms with Crippen molar-refractivity contribution in [1.29, 1.82) is 0 Å². The van der Waals surface area contributed by atoms with Gasteiger partial charge < -0.3 is 0 Å². The third kappa shape index (κ3) is 29.8. The average molecular weight is 200 g/mol. The Morgan fingerprint density at radius 1 is 0.857 bits per heavy atom. The topological polar surface area (TPSA) is 0 Å². The summed E-state index contributed by atoms with van der Waals surface area (Å²) in [6, 6.07) is 0. The van der Waals surface area contributed by atoms with E-state index in [0.29, 0.717) is 0 Å². The maximum atomic E-state index is 2.30. The van der Waals surface area contributed by atoms with Crippen molar-refractivity contribution in [2.45, 2.75) is 68.2 Å². The quantitative estimate of drug-likeness (QED) is 0.502. The molecular formula is C14H32. The fourth-order valence-corrected chi connectivity index (χ4v) is 0.471. The van der Waals surface area contributed by atoms with Gasteiger partial charge in [0.15, 0.2) is 0 Å². The third-order valence-corrected chi connectivity index (χ3v) is 2.12. The number of hydrogen-bond donors (Lipinski definition) is 0. The van der Waals surface area contributed by atoms with Gasteiger partial charge in [-0.25, -0.2) is 0 Å². The van der Waals surface area contributed by atoms with Gasteiger partial charge in [0, 0.05) is 0 Å². The van der Waals surface area contributed by atoms with Crippen molar-refractivity contribution in [2.24, 2.45) is 11.8 Å². The van der Waals surface area contributed by atoms with Gasteiger partial charge in [-0.15, -0.1) is 0 Å². The highest BCUT2D eigenvalue weighted by Gasteiger charge is 2.01. The fourth-order valence-electron chi connectivity index (χ4n) is 0.471. The van der Waals surface area contributed by atoms with Crippen molar-refractivity contribution < 1.29 is 0 Å². The first-order valence-electron chi connectivity index (χ1n) is 6.08. The maximum Gasteiger partial charge on any atom is -0.0422 e. The highest BCUT2D eigenvalue weighted by Crippen LogP contribution is 2.11. The lowest BCUT2D eigenvalue weighted by molar-refractivity contribution is 0.407. The number of rotatable bonds is 2. The van der Waals surface area contributed by atoms with E-state index in [2.05, 4.69) is 41.5 Å². The smallest absolute Gasteiger partial charge is 0.0422 e. The van der Waals surface area contributed by atoms with E-state index in [1.54, 1.807) is 0 Å². The van der Waals surface area contributed by atoms with E-state index in [9.17, 15) is 0 Å². The molecule has 0 radical (unpaired) electrons. The second-order valence-corrected chi connectivity index (χ2v) is 4.00. The Balaban J connectivity index is -0.000000147. The van der Waals surface area contributed by atoms with Crippen molar-refractivity contribution >= 4 is 0 Å². The monoisotopic (exact) mass is 200 g/mol. The molecule has 1 atom stereocenters. The van der Waals surface area contributed by atoms with Crippen LogP contribution in [0.3, 0.4) is 0 Å². The Bertz CT molecular complexity index is 86.2. The summed E-state index contributed by atoms with van der Waals surface area (Å²) in [4.78, 5) is 0. The first kappa shape index (κ1) is 19.3. The second-order valence-electron chi connectivity index (χ2n) is 4.00. The fraction of sp³-hybridized carbons (Fsp3) is 0.857. The molecule has 0 saturated heterocycles. The molecule has 88 valence electrons. The van der Waals surface area contributed by atoms with E-state index in [1.807, 2.05) is 26.0 Å². The Hall–Kier alpha value is -0.260. The van der Waals surface area contributed by atoms with Crippen molar-refractivity contribution in [2.75, 3.05) is 0 Å². The standard InChI is InChI=1S/C7H16.C4H8.C3H8/c1-5-7(4)6(2)3;1-3-4-2;1-3-2/h6-7H,5H2,1-4H3;3-4H,1-2H3;3H2,1-2H3. The van der Waals surface area contributed by atoms with Gasteiger partial charge in [0.1, 0.15) is 0 Å². The van der Waals surface area contributed by atoms with Crippen LogP contribution < -0.4 is 0 Å². The molecule has 0 aromatic carbocycles. The molecule has 0 saturated carbocycles. The van der Waals surface area contributed by atoms with Crippen LogP contribution in [0.4, 0.5) is 0 Å². The third-order valence-electron chi connectivity index (χ3n) is 2.12. The zero-order valence-corrected chi connectivity index (χ0v) is 11.7. The van der Waals surface area contributed by atoms with Crippen LogP contribution in [-0.2, 0) is 0 Å². The van der Waals surface area contributed by atoms with Gasteiger partial charge >= 0.3 is 0 Å². The molecule has 0 N–H and O–H groups in total. The first-order chi connectivity index (χ1) is 6.51. The molecule has 0 aromatic heterocycles. The van der Waals surface area contributed by atoms with Gasteiger partial charge in [-0.3, -0.25) is 0 Å². The lowest BCUT2D eigenvalue weighted by atomic mass is 9.96. The largest absolute Gasteiger partial charge is 0.0919 e. The molecule has 0 spiro atoms. The predicted octanol–water partition coefficient (Wildman–Crippen LogP) is 5.69. The average Bonchev–Trinajstić information content (AvgIpc) is 2.18. The molecule has 0 aromatic rings. The van der Waals surface area contributed by atoms with Crippen LogP contribution in [0.15, 0.2) is 12.2 Å². The van der Waals surface area contributed by atoms with Crippen molar-refractivity contribution in [3.63, 3.8) is 0 Å². The minimum absolute atomic E-state index is 0.866. The molecule has 0 heterocycles. The van der Waals surface area contributed by atoms with Crippen molar-refractivity contribution in [3.8, 4) is 0 Å². The van der Waals surface area contributed by atoms with Gasteiger partial charge in [-0.05, 0) is 25.7 Å². The Labute approximate surface area is 92.8 Å². The van der Waals surface area contributed by atoms with Gasteiger partial charge in [-0.1, -0.05) is 66.5 Å². The predicted molar refractivity (Wildman–Crippen MR) is 70.7 cm³/mol. The summed E-state index contributed by atoms with van der Waals surface area (Å²) in [6.45, 7) is 17.3. The molecule has 0 aliphatic rings. The molecule has 0 fully saturated rings. The summed E-state index contributed by atoms with van der Waals surface area (Å²) in [5.74, 6) is 1.77. The molecule has 1 unspecified atom stereocenters. The Morgan fingerprint density at radius 3 is 1.14 bits per heavy atom. The van der Waals surface area contributed by atoms with Crippen LogP contribution in [0.25, 0.3) is 0 Å². The van der Waals surface area contributed by atoms with Crippen LogP contribution in [0.1, 0.15) is 68.2 Å². The molecule has 0 aliphatic heterocycles. The van der Waals surface area contributed by atoms with Crippen molar-refractivity contribution in [1.82, 2.24) is 0 Å². The van der Waals surface area contributed by atoms with E-state index in [0.717, 1.165) is 11.8 Å². The van der Waals surface area contributed by atoms with Crippen LogP contribution in [0.5, 0.6) is 0 Å². The minimum Gasteiger partial charge on any atom is -0.0919 e. The van der Waals surface area contributed by atoms with Gasteiger partial charge in [0.25, 0.3) is 0 Å². The Morgan fingerprint density at radius 2 is 1.14 bits per heavy atom. The van der Waals surface area contributed by atoms with Crippen LogP contribution in [-0.4, -0.2) is 0 Å². The lowest BCUT2D eigenvalue weighted by Gasteiger charge is -2.10.